The summed E-state index contributed by atoms with van der Waals surface area (Å²) in [5, 5.41) is -0.558. The second kappa shape index (κ2) is 3.29. The van der Waals surface area contributed by atoms with Crippen molar-refractivity contribution in [2.45, 2.75) is 10.7 Å². The Hall–Kier alpha value is -1.18. The van der Waals surface area contributed by atoms with E-state index in [-0.39, 0.29) is 5.82 Å². The summed E-state index contributed by atoms with van der Waals surface area (Å²) in [6, 6.07) is 0.903. The van der Waals surface area contributed by atoms with Gasteiger partial charge in [-0.2, -0.15) is 13.2 Å². The highest BCUT2D eigenvalue weighted by Gasteiger charge is 2.30. The molecule has 0 saturated carbocycles. The van der Waals surface area contributed by atoms with Gasteiger partial charge in [0.1, 0.15) is 5.82 Å². The zero-order valence-electron chi connectivity index (χ0n) is 6.05. The maximum absolute atomic E-state index is 11.8. The zero-order chi connectivity index (χ0) is 10.1. The predicted octanol–water partition coefficient (Wildman–Crippen LogP) is 0.964. The lowest BCUT2D eigenvalue weighted by Gasteiger charge is -2.03. The number of halogens is 3. The minimum Gasteiger partial charge on any atom is -0.383 e. The number of anilines is 1. The van der Waals surface area contributed by atoms with Crippen LogP contribution in [0, 0.1) is 0 Å². The quantitative estimate of drug-likeness (QED) is 0.536. The summed E-state index contributed by atoms with van der Waals surface area (Å²) in [6.45, 7) is 0. The second-order valence-electron chi connectivity index (χ2n) is 2.02. The minimum absolute atomic E-state index is 0.240. The Balaban J connectivity index is 2.96. The summed E-state index contributed by atoms with van der Waals surface area (Å²) in [7, 11) is 0. The number of alkyl halides is 3. The van der Waals surface area contributed by atoms with Crippen molar-refractivity contribution in [2.75, 3.05) is 5.73 Å². The van der Waals surface area contributed by atoms with Crippen LogP contribution in [-0.2, 0) is 0 Å². The molecule has 0 saturated heterocycles. The number of nitrogens with one attached hydrogen (secondary N) is 1. The molecule has 0 amide bonds. The van der Waals surface area contributed by atoms with Crippen LogP contribution in [0.25, 0.3) is 0 Å². The van der Waals surface area contributed by atoms with Crippen LogP contribution in [0.3, 0.4) is 0 Å². The molecule has 3 N–H and O–H groups in total. The topological polar surface area (TPSA) is 71.8 Å². The van der Waals surface area contributed by atoms with Crippen molar-refractivity contribution in [3.05, 3.63) is 16.4 Å². The molecule has 0 radical (unpaired) electrons. The third kappa shape index (κ3) is 3.36. The van der Waals surface area contributed by atoms with E-state index < -0.39 is 28.0 Å². The number of aromatic nitrogens is 2. The summed E-state index contributed by atoms with van der Waals surface area (Å²) >= 11 is -0.518. The van der Waals surface area contributed by atoms with Crippen LogP contribution in [-0.4, -0.2) is 15.5 Å². The van der Waals surface area contributed by atoms with Crippen LogP contribution in [0.5, 0.6) is 0 Å². The summed E-state index contributed by atoms with van der Waals surface area (Å²) in [6.07, 6.45) is 0. The average molecular weight is 211 g/mol. The highest BCUT2D eigenvalue weighted by atomic mass is 32.2. The molecule has 1 heterocycles. The summed E-state index contributed by atoms with van der Waals surface area (Å²) in [5.41, 5.74) is -0.125. The first-order valence-electron chi connectivity index (χ1n) is 2.99. The fraction of sp³-hybridized carbons (Fsp3) is 0.200. The van der Waals surface area contributed by atoms with Crippen LogP contribution in [0.2, 0.25) is 0 Å². The molecule has 1 aromatic rings. The van der Waals surface area contributed by atoms with E-state index in [2.05, 4.69) is 4.98 Å². The SMILES string of the molecule is Nc1cc(=O)[nH]c(SC(F)(F)F)n1. The van der Waals surface area contributed by atoms with Crippen molar-refractivity contribution in [1.82, 2.24) is 9.97 Å². The number of nitrogens with two attached hydrogens (primary N) is 1. The molecule has 0 aliphatic heterocycles. The normalized spacial score (nSPS) is 11.6. The fourth-order valence-corrected chi connectivity index (χ4v) is 1.13. The number of H-pyrrole nitrogens is 1. The molecule has 72 valence electrons. The smallest absolute Gasteiger partial charge is 0.383 e. The van der Waals surface area contributed by atoms with Crippen LogP contribution in [0.4, 0.5) is 19.0 Å². The molecule has 0 atom stereocenters. The van der Waals surface area contributed by atoms with Crippen molar-refractivity contribution >= 4 is 17.6 Å². The van der Waals surface area contributed by atoms with Gasteiger partial charge in [0.2, 0.25) is 0 Å². The van der Waals surface area contributed by atoms with Gasteiger partial charge in [-0.1, -0.05) is 0 Å². The van der Waals surface area contributed by atoms with E-state index in [1.165, 1.54) is 0 Å². The highest BCUT2D eigenvalue weighted by molar-refractivity contribution is 8.00. The first-order chi connectivity index (χ1) is 5.87. The van der Waals surface area contributed by atoms with Gasteiger partial charge in [-0.15, -0.1) is 0 Å². The first-order valence-corrected chi connectivity index (χ1v) is 3.81. The third-order valence-corrected chi connectivity index (χ3v) is 1.57. The maximum atomic E-state index is 11.8. The van der Waals surface area contributed by atoms with Crippen LogP contribution >= 0.6 is 11.8 Å². The average Bonchev–Trinajstić information content (AvgIpc) is 1.78. The lowest BCUT2D eigenvalue weighted by atomic mass is 10.6. The molecule has 4 nitrogen and oxygen atoms in total. The molecule has 0 aliphatic carbocycles. The van der Waals surface area contributed by atoms with Crippen LogP contribution < -0.4 is 11.3 Å². The molecule has 0 unspecified atom stereocenters. The number of aromatic amines is 1. The Kier molecular flexibility index (Phi) is 2.50. The zero-order valence-corrected chi connectivity index (χ0v) is 6.87. The standard InChI is InChI=1S/C5H4F3N3OS/c6-5(7,8)13-4-10-2(9)1-3(12)11-4/h1H,(H3,9,10,11,12). The number of hydrogen-bond acceptors (Lipinski definition) is 4. The van der Waals surface area contributed by atoms with Gasteiger partial charge in [0.05, 0.1) is 0 Å². The van der Waals surface area contributed by atoms with Gasteiger partial charge in [0, 0.05) is 17.8 Å². The molecular formula is C5H4F3N3OS. The first kappa shape index (κ1) is 9.90. The largest absolute Gasteiger partial charge is 0.449 e. The van der Waals surface area contributed by atoms with E-state index in [4.69, 9.17) is 5.73 Å². The number of hydrogen-bond donors (Lipinski definition) is 2. The fourth-order valence-electron chi connectivity index (χ4n) is 0.611. The number of nitrogen functional groups attached to an aromatic ring is 1. The van der Waals surface area contributed by atoms with Crippen molar-refractivity contribution in [2.24, 2.45) is 0 Å². The molecule has 1 aromatic heterocycles. The number of rotatable bonds is 1. The predicted molar refractivity (Wildman–Crippen MR) is 41.2 cm³/mol. The Bertz CT molecular complexity index is 361. The molecule has 1 rings (SSSR count). The van der Waals surface area contributed by atoms with Gasteiger partial charge >= 0.3 is 5.51 Å². The second-order valence-corrected chi connectivity index (χ2v) is 3.08. The van der Waals surface area contributed by atoms with Gasteiger partial charge in [-0.05, 0) is 0 Å². The lowest BCUT2D eigenvalue weighted by Crippen LogP contribution is -2.12. The molecule has 13 heavy (non-hydrogen) atoms. The van der Waals surface area contributed by atoms with E-state index in [0.717, 1.165) is 6.07 Å². The Morgan fingerprint density at radius 1 is 1.54 bits per heavy atom. The van der Waals surface area contributed by atoms with E-state index in [1.54, 1.807) is 0 Å². The molecule has 0 aliphatic rings. The molecule has 0 spiro atoms. The van der Waals surface area contributed by atoms with Crippen molar-refractivity contribution in [1.29, 1.82) is 0 Å². The Morgan fingerprint density at radius 3 is 2.62 bits per heavy atom. The monoisotopic (exact) mass is 211 g/mol. The van der Waals surface area contributed by atoms with Crippen molar-refractivity contribution in [3.63, 3.8) is 0 Å². The minimum atomic E-state index is -4.48. The molecule has 0 bridgehead atoms. The summed E-state index contributed by atoms with van der Waals surface area (Å²) in [4.78, 5) is 15.8. The molecular weight excluding hydrogens is 207 g/mol. The number of thioether (sulfide) groups is 1. The van der Waals surface area contributed by atoms with Gasteiger partial charge in [0.25, 0.3) is 5.56 Å². The summed E-state index contributed by atoms with van der Waals surface area (Å²) in [5.74, 6) is -0.240. The highest BCUT2D eigenvalue weighted by Crippen LogP contribution is 2.34. The van der Waals surface area contributed by atoms with E-state index in [1.807, 2.05) is 4.98 Å². The lowest BCUT2D eigenvalue weighted by molar-refractivity contribution is -0.0330. The van der Waals surface area contributed by atoms with Crippen molar-refractivity contribution < 1.29 is 13.2 Å². The van der Waals surface area contributed by atoms with Gasteiger partial charge in [-0.3, -0.25) is 4.79 Å². The third-order valence-electron chi connectivity index (χ3n) is 0.952. The summed E-state index contributed by atoms with van der Waals surface area (Å²) < 4.78 is 35.3. The van der Waals surface area contributed by atoms with Gasteiger partial charge in [-0.25, -0.2) is 4.98 Å². The van der Waals surface area contributed by atoms with E-state index >= 15 is 0 Å². The van der Waals surface area contributed by atoms with Crippen molar-refractivity contribution in [3.8, 4) is 0 Å². The van der Waals surface area contributed by atoms with E-state index in [9.17, 15) is 18.0 Å². The Morgan fingerprint density at radius 2 is 2.15 bits per heavy atom. The van der Waals surface area contributed by atoms with Gasteiger partial charge in [0.15, 0.2) is 5.16 Å². The molecule has 0 aromatic carbocycles. The molecule has 0 fully saturated rings. The Labute approximate surface area is 74.4 Å². The molecule has 8 heteroatoms. The maximum Gasteiger partial charge on any atom is 0.449 e. The van der Waals surface area contributed by atoms with Gasteiger partial charge < -0.3 is 10.7 Å². The van der Waals surface area contributed by atoms with E-state index in [0.29, 0.717) is 0 Å². The number of nitrogens with zero attached hydrogens (tertiary/aromatic N) is 1. The van der Waals surface area contributed by atoms with Crippen LogP contribution in [0.1, 0.15) is 0 Å². The van der Waals surface area contributed by atoms with Crippen LogP contribution in [0.15, 0.2) is 16.0 Å².